The summed E-state index contributed by atoms with van der Waals surface area (Å²) in [4.78, 5) is 12.4. The van der Waals surface area contributed by atoms with Gasteiger partial charge in [0.2, 0.25) is 0 Å². The van der Waals surface area contributed by atoms with Crippen LogP contribution >= 0.6 is 0 Å². The molecule has 0 aliphatic heterocycles. The van der Waals surface area contributed by atoms with Crippen molar-refractivity contribution in [2.45, 2.75) is 46.6 Å². The number of hydrogen-bond acceptors (Lipinski definition) is 3. The largest absolute Gasteiger partial charge is 0.349 e. The first-order chi connectivity index (χ1) is 8.79. The third-order valence-corrected chi connectivity index (χ3v) is 3.29. The van der Waals surface area contributed by atoms with Gasteiger partial charge >= 0.3 is 0 Å². The number of carbonyl (C=O) groups is 1. The second-order valence-corrected chi connectivity index (χ2v) is 5.99. The first-order valence-corrected chi connectivity index (χ1v) is 6.83. The second kappa shape index (κ2) is 6.19. The van der Waals surface area contributed by atoms with Gasteiger partial charge in [-0.05, 0) is 24.8 Å². The van der Waals surface area contributed by atoms with Crippen molar-refractivity contribution in [3.63, 3.8) is 0 Å². The Bertz CT molecular complexity index is 431. The summed E-state index contributed by atoms with van der Waals surface area (Å²) in [5.41, 5.74) is 7.12. The summed E-state index contributed by atoms with van der Waals surface area (Å²) in [7, 11) is 1.83. The predicted octanol–water partition coefficient (Wildman–Crippen LogP) is 1.48. The van der Waals surface area contributed by atoms with Gasteiger partial charge in [0.1, 0.15) is 0 Å². The van der Waals surface area contributed by atoms with Gasteiger partial charge in [0.05, 0.1) is 11.3 Å². The van der Waals surface area contributed by atoms with Crippen LogP contribution in [0.25, 0.3) is 0 Å². The Kier molecular flexibility index (Phi) is 5.11. The smallest absolute Gasteiger partial charge is 0.254 e. The minimum Gasteiger partial charge on any atom is -0.349 e. The zero-order chi connectivity index (χ0) is 14.6. The lowest BCUT2D eigenvalue weighted by Gasteiger charge is -2.31. The Morgan fingerprint density at radius 3 is 2.63 bits per heavy atom. The zero-order valence-electron chi connectivity index (χ0n) is 12.7. The molecule has 0 saturated carbocycles. The van der Waals surface area contributed by atoms with E-state index in [2.05, 4.69) is 31.2 Å². The van der Waals surface area contributed by atoms with Crippen molar-refractivity contribution in [1.82, 2.24) is 15.1 Å². The molecule has 1 amide bonds. The van der Waals surface area contributed by atoms with E-state index in [0.717, 1.165) is 18.5 Å². The second-order valence-electron chi connectivity index (χ2n) is 5.99. The molecule has 0 spiro atoms. The lowest BCUT2D eigenvalue weighted by molar-refractivity contribution is 0.0898. The molecule has 0 radical (unpaired) electrons. The fraction of sp³-hybridized carbons (Fsp3) is 0.714. The Labute approximate surface area is 115 Å². The van der Waals surface area contributed by atoms with Crippen molar-refractivity contribution < 1.29 is 4.79 Å². The third-order valence-electron chi connectivity index (χ3n) is 3.29. The molecule has 0 aliphatic carbocycles. The minimum absolute atomic E-state index is 0.0103. The normalized spacial score (nSPS) is 13.4. The molecule has 1 heterocycles. The Hall–Kier alpha value is -1.36. The van der Waals surface area contributed by atoms with Crippen molar-refractivity contribution in [2.24, 2.45) is 18.2 Å². The van der Waals surface area contributed by atoms with Gasteiger partial charge in [-0.15, -0.1) is 0 Å². The highest BCUT2D eigenvalue weighted by Gasteiger charge is 2.27. The van der Waals surface area contributed by atoms with E-state index in [1.807, 2.05) is 14.0 Å². The molecule has 0 fully saturated rings. The standard InChI is InChI=1S/C14H26N4O/c1-6-11-10(9-18(5)17-11)13(19)16-12(7-8-15)14(2,3)4/h9,12H,6-8,15H2,1-5H3,(H,16,19). The maximum Gasteiger partial charge on any atom is 0.254 e. The summed E-state index contributed by atoms with van der Waals surface area (Å²) in [5, 5.41) is 7.39. The Morgan fingerprint density at radius 2 is 2.16 bits per heavy atom. The van der Waals surface area contributed by atoms with Crippen LogP contribution in [0.4, 0.5) is 0 Å². The molecule has 19 heavy (non-hydrogen) atoms. The van der Waals surface area contributed by atoms with E-state index in [0.29, 0.717) is 12.1 Å². The van der Waals surface area contributed by atoms with E-state index in [-0.39, 0.29) is 17.4 Å². The molecule has 1 rings (SSSR count). The summed E-state index contributed by atoms with van der Waals surface area (Å²) in [6.07, 6.45) is 3.30. The average Bonchev–Trinajstić information content (AvgIpc) is 2.68. The van der Waals surface area contributed by atoms with Gasteiger partial charge in [0.25, 0.3) is 5.91 Å². The van der Waals surface area contributed by atoms with Gasteiger partial charge in [-0.25, -0.2) is 0 Å². The molecule has 1 unspecified atom stereocenters. The van der Waals surface area contributed by atoms with Gasteiger partial charge in [-0.1, -0.05) is 27.7 Å². The number of nitrogens with zero attached hydrogens (tertiary/aromatic N) is 2. The molecular formula is C14H26N4O. The molecule has 5 heteroatoms. The number of rotatable bonds is 5. The van der Waals surface area contributed by atoms with Crippen molar-refractivity contribution in [1.29, 1.82) is 0 Å². The van der Waals surface area contributed by atoms with E-state index in [4.69, 9.17) is 5.73 Å². The Morgan fingerprint density at radius 1 is 1.53 bits per heavy atom. The highest BCUT2D eigenvalue weighted by atomic mass is 16.1. The van der Waals surface area contributed by atoms with Gasteiger partial charge in [-0.2, -0.15) is 5.10 Å². The molecule has 5 nitrogen and oxygen atoms in total. The number of nitrogens with two attached hydrogens (primary N) is 1. The Balaban J connectivity index is 2.87. The van der Waals surface area contributed by atoms with E-state index in [9.17, 15) is 4.79 Å². The topological polar surface area (TPSA) is 72.9 Å². The van der Waals surface area contributed by atoms with Crippen LogP contribution in [0.3, 0.4) is 0 Å². The van der Waals surface area contributed by atoms with Crippen LogP contribution in [0.1, 0.15) is 50.2 Å². The van der Waals surface area contributed by atoms with Crippen LogP contribution in [0.2, 0.25) is 0 Å². The summed E-state index contributed by atoms with van der Waals surface area (Å²) in [5.74, 6) is -0.0571. The molecule has 108 valence electrons. The van der Waals surface area contributed by atoms with Crippen LogP contribution in [-0.4, -0.2) is 28.3 Å². The van der Waals surface area contributed by atoms with Crippen molar-refractivity contribution >= 4 is 5.91 Å². The number of aromatic nitrogens is 2. The van der Waals surface area contributed by atoms with Crippen LogP contribution in [0.15, 0.2) is 6.20 Å². The molecule has 0 saturated heterocycles. The number of aryl methyl sites for hydroxylation is 2. The summed E-state index contributed by atoms with van der Waals surface area (Å²) < 4.78 is 1.68. The first-order valence-electron chi connectivity index (χ1n) is 6.83. The summed E-state index contributed by atoms with van der Waals surface area (Å²) in [6, 6.07) is 0.0647. The highest BCUT2D eigenvalue weighted by molar-refractivity contribution is 5.95. The van der Waals surface area contributed by atoms with Crippen LogP contribution < -0.4 is 11.1 Å². The third kappa shape index (κ3) is 4.06. The number of amides is 1. The monoisotopic (exact) mass is 266 g/mol. The molecule has 1 atom stereocenters. The fourth-order valence-corrected chi connectivity index (χ4v) is 2.11. The van der Waals surface area contributed by atoms with Crippen LogP contribution in [0, 0.1) is 5.41 Å². The molecule has 0 aliphatic rings. The van der Waals surface area contributed by atoms with Crippen molar-refractivity contribution in [3.8, 4) is 0 Å². The maximum atomic E-state index is 12.4. The van der Waals surface area contributed by atoms with Gasteiger partial charge in [0.15, 0.2) is 0 Å². The SMILES string of the molecule is CCc1nn(C)cc1C(=O)NC(CCN)C(C)(C)C. The molecule has 0 aromatic carbocycles. The van der Waals surface area contributed by atoms with E-state index >= 15 is 0 Å². The maximum absolute atomic E-state index is 12.4. The first kappa shape index (κ1) is 15.7. The quantitative estimate of drug-likeness (QED) is 0.847. The number of hydrogen-bond donors (Lipinski definition) is 2. The molecule has 3 N–H and O–H groups in total. The number of nitrogens with one attached hydrogen (secondary N) is 1. The van der Waals surface area contributed by atoms with Gasteiger partial charge in [-0.3, -0.25) is 9.48 Å². The molecule has 0 bridgehead atoms. The predicted molar refractivity (Wildman–Crippen MR) is 77.0 cm³/mol. The lowest BCUT2D eigenvalue weighted by Crippen LogP contribution is -2.45. The molecule has 1 aromatic heterocycles. The molecular weight excluding hydrogens is 240 g/mol. The summed E-state index contributed by atoms with van der Waals surface area (Å²) in [6.45, 7) is 8.89. The minimum atomic E-state index is -0.0571. The zero-order valence-corrected chi connectivity index (χ0v) is 12.7. The number of carbonyl (C=O) groups excluding carboxylic acids is 1. The van der Waals surface area contributed by atoms with Crippen LogP contribution in [-0.2, 0) is 13.5 Å². The molecule has 1 aromatic rings. The van der Waals surface area contributed by atoms with E-state index in [1.165, 1.54) is 0 Å². The van der Waals surface area contributed by atoms with Crippen molar-refractivity contribution in [2.75, 3.05) is 6.54 Å². The van der Waals surface area contributed by atoms with E-state index < -0.39 is 0 Å². The van der Waals surface area contributed by atoms with Gasteiger partial charge < -0.3 is 11.1 Å². The van der Waals surface area contributed by atoms with E-state index in [1.54, 1.807) is 10.9 Å². The lowest BCUT2D eigenvalue weighted by atomic mass is 9.84. The fourth-order valence-electron chi connectivity index (χ4n) is 2.11. The van der Waals surface area contributed by atoms with Crippen molar-refractivity contribution in [3.05, 3.63) is 17.5 Å². The average molecular weight is 266 g/mol. The highest BCUT2D eigenvalue weighted by Crippen LogP contribution is 2.22. The van der Waals surface area contributed by atoms with Crippen LogP contribution in [0.5, 0.6) is 0 Å². The van der Waals surface area contributed by atoms with Gasteiger partial charge in [0, 0.05) is 19.3 Å². The summed E-state index contributed by atoms with van der Waals surface area (Å²) >= 11 is 0.